The zero-order chi connectivity index (χ0) is 10.8. The van der Waals surface area contributed by atoms with E-state index in [-0.39, 0.29) is 11.3 Å². The van der Waals surface area contributed by atoms with Gasteiger partial charge in [-0.25, -0.2) is 4.39 Å². The van der Waals surface area contributed by atoms with E-state index in [1.807, 2.05) is 0 Å². The van der Waals surface area contributed by atoms with Crippen molar-refractivity contribution in [3.05, 3.63) is 28.0 Å². The molecule has 5 heteroatoms. The molecule has 1 aliphatic heterocycles. The monoisotopic (exact) mass is 275 g/mol. The van der Waals surface area contributed by atoms with Gasteiger partial charge in [0, 0.05) is 13.1 Å². The van der Waals surface area contributed by atoms with Crippen LogP contribution in [0.5, 0.6) is 5.75 Å². The second-order valence-electron chi connectivity index (χ2n) is 3.36. The van der Waals surface area contributed by atoms with Gasteiger partial charge >= 0.3 is 0 Å². The average molecular weight is 276 g/mol. The zero-order valence-corrected chi connectivity index (χ0v) is 9.55. The number of phenolic OH excluding ortho intramolecular Hbond substituents is 1. The molecule has 0 aliphatic carbocycles. The number of morpholine rings is 1. The van der Waals surface area contributed by atoms with Gasteiger partial charge in [-0.05, 0) is 28.1 Å². The lowest BCUT2D eigenvalue weighted by Crippen LogP contribution is -2.33. The Morgan fingerprint density at radius 1 is 1.53 bits per heavy atom. The first-order valence-corrected chi connectivity index (χ1v) is 5.48. The fourth-order valence-corrected chi connectivity index (χ4v) is 1.96. The summed E-state index contributed by atoms with van der Waals surface area (Å²) in [7, 11) is 0. The highest BCUT2D eigenvalue weighted by molar-refractivity contribution is 9.10. The molecule has 0 spiro atoms. The molecule has 0 amide bonds. The average Bonchev–Trinajstić information content (AvgIpc) is 2.26. The van der Waals surface area contributed by atoms with E-state index in [1.165, 1.54) is 12.1 Å². The van der Waals surface area contributed by atoms with Crippen LogP contribution >= 0.6 is 15.9 Å². The summed E-state index contributed by atoms with van der Waals surface area (Å²) in [5, 5.41) is 12.8. The molecule has 0 bridgehead atoms. The summed E-state index contributed by atoms with van der Waals surface area (Å²) in [6.07, 6.45) is -0.420. The van der Waals surface area contributed by atoms with Crippen molar-refractivity contribution in [3.8, 4) is 5.75 Å². The van der Waals surface area contributed by atoms with Crippen molar-refractivity contribution in [3.63, 3.8) is 0 Å². The zero-order valence-electron chi connectivity index (χ0n) is 7.96. The van der Waals surface area contributed by atoms with Crippen molar-refractivity contribution >= 4 is 15.9 Å². The number of nitrogens with one attached hydrogen (secondary N) is 1. The fraction of sp³-hybridized carbons (Fsp3) is 0.400. The van der Waals surface area contributed by atoms with Crippen molar-refractivity contribution in [2.24, 2.45) is 0 Å². The van der Waals surface area contributed by atoms with Crippen LogP contribution in [-0.2, 0) is 4.74 Å². The molecule has 1 aliphatic rings. The summed E-state index contributed by atoms with van der Waals surface area (Å²) in [6, 6.07) is 2.79. The predicted octanol–water partition coefficient (Wildman–Crippen LogP) is 1.95. The largest absolute Gasteiger partial charge is 0.506 e. The van der Waals surface area contributed by atoms with Gasteiger partial charge in [0.1, 0.15) is 17.7 Å². The SMILES string of the molecule is Oc1c(Br)ccc(F)c1C1CNCCO1. The number of halogens is 2. The highest BCUT2D eigenvalue weighted by Gasteiger charge is 2.23. The summed E-state index contributed by atoms with van der Waals surface area (Å²) in [4.78, 5) is 0. The third kappa shape index (κ3) is 2.14. The van der Waals surface area contributed by atoms with Gasteiger partial charge in [-0.2, -0.15) is 0 Å². The first-order valence-electron chi connectivity index (χ1n) is 4.69. The second-order valence-corrected chi connectivity index (χ2v) is 4.21. The number of benzene rings is 1. The Balaban J connectivity index is 2.36. The van der Waals surface area contributed by atoms with Gasteiger partial charge in [0.2, 0.25) is 0 Å². The van der Waals surface area contributed by atoms with Gasteiger partial charge in [-0.1, -0.05) is 0 Å². The minimum atomic E-state index is -0.440. The van der Waals surface area contributed by atoms with E-state index in [2.05, 4.69) is 21.2 Å². The van der Waals surface area contributed by atoms with Gasteiger partial charge in [-0.15, -0.1) is 0 Å². The van der Waals surface area contributed by atoms with Crippen molar-refractivity contribution in [2.45, 2.75) is 6.10 Å². The molecule has 15 heavy (non-hydrogen) atoms. The molecule has 2 rings (SSSR count). The van der Waals surface area contributed by atoms with E-state index in [1.54, 1.807) is 0 Å². The lowest BCUT2D eigenvalue weighted by molar-refractivity contribution is 0.0240. The highest BCUT2D eigenvalue weighted by Crippen LogP contribution is 2.35. The molecule has 1 heterocycles. The maximum atomic E-state index is 13.5. The Morgan fingerprint density at radius 2 is 2.33 bits per heavy atom. The van der Waals surface area contributed by atoms with Crippen LogP contribution in [0.4, 0.5) is 4.39 Å². The quantitative estimate of drug-likeness (QED) is 0.823. The summed E-state index contributed by atoms with van der Waals surface area (Å²) < 4.78 is 19.4. The normalized spacial score (nSPS) is 21.6. The van der Waals surface area contributed by atoms with Crippen LogP contribution in [-0.4, -0.2) is 24.8 Å². The Labute approximate surface area is 95.4 Å². The molecular weight excluding hydrogens is 265 g/mol. The summed E-state index contributed by atoms with van der Waals surface area (Å²) in [6.45, 7) is 1.80. The van der Waals surface area contributed by atoms with Crippen LogP contribution in [0.1, 0.15) is 11.7 Å². The second kappa shape index (κ2) is 4.47. The molecular formula is C10H11BrFNO2. The molecule has 1 unspecified atom stereocenters. The number of ether oxygens (including phenoxy) is 1. The molecule has 1 saturated heterocycles. The smallest absolute Gasteiger partial charge is 0.138 e. The standard InChI is InChI=1S/C10H11BrFNO2/c11-6-1-2-7(12)9(10(6)14)8-5-13-3-4-15-8/h1-2,8,13-14H,3-5H2. The molecule has 3 nitrogen and oxygen atoms in total. The number of phenols is 1. The molecule has 1 fully saturated rings. The number of aromatic hydroxyl groups is 1. The van der Waals surface area contributed by atoms with Gasteiger partial charge < -0.3 is 15.2 Å². The lowest BCUT2D eigenvalue weighted by Gasteiger charge is -2.25. The van der Waals surface area contributed by atoms with Crippen LogP contribution in [0.25, 0.3) is 0 Å². The number of rotatable bonds is 1. The summed E-state index contributed by atoms with van der Waals surface area (Å²) in [5.74, 6) is -0.520. The van der Waals surface area contributed by atoms with E-state index in [4.69, 9.17) is 4.74 Å². The summed E-state index contributed by atoms with van der Waals surface area (Å²) >= 11 is 3.15. The maximum absolute atomic E-state index is 13.5. The molecule has 0 radical (unpaired) electrons. The van der Waals surface area contributed by atoms with Gasteiger partial charge in [0.15, 0.2) is 0 Å². The minimum absolute atomic E-state index is 0.0799. The maximum Gasteiger partial charge on any atom is 0.138 e. The predicted molar refractivity (Wildman–Crippen MR) is 57.3 cm³/mol. The Bertz CT molecular complexity index is 367. The Hall–Kier alpha value is -0.650. The van der Waals surface area contributed by atoms with Crippen molar-refractivity contribution in [1.29, 1.82) is 0 Å². The van der Waals surface area contributed by atoms with Gasteiger partial charge in [-0.3, -0.25) is 0 Å². The minimum Gasteiger partial charge on any atom is -0.506 e. The molecule has 1 atom stereocenters. The summed E-state index contributed by atoms with van der Waals surface area (Å²) in [5.41, 5.74) is 0.219. The van der Waals surface area contributed by atoms with Crippen LogP contribution < -0.4 is 5.32 Å². The molecule has 0 saturated carbocycles. The van der Waals surface area contributed by atoms with Crippen LogP contribution in [0.15, 0.2) is 16.6 Å². The Kier molecular flexibility index (Phi) is 3.23. The van der Waals surface area contributed by atoms with Gasteiger partial charge in [0.05, 0.1) is 16.6 Å². The van der Waals surface area contributed by atoms with Gasteiger partial charge in [0.25, 0.3) is 0 Å². The molecule has 1 aromatic carbocycles. The third-order valence-corrected chi connectivity index (χ3v) is 3.00. The van der Waals surface area contributed by atoms with Crippen LogP contribution in [0, 0.1) is 5.82 Å². The topological polar surface area (TPSA) is 41.5 Å². The third-order valence-electron chi connectivity index (χ3n) is 2.36. The first kappa shape index (κ1) is 10.9. The van der Waals surface area contributed by atoms with Crippen LogP contribution in [0.2, 0.25) is 0 Å². The van der Waals surface area contributed by atoms with Crippen LogP contribution in [0.3, 0.4) is 0 Å². The van der Waals surface area contributed by atoms with E-state index < -0.39 is 11.9 Å². The van der Waals surface area contributed by atoms with Crippen molar-refractivity contribution in [1.82, 2.24) is 5.32 Å². The molecule has 0 aromatic heterocycles. The fourth-order valence-electron chi connectivity index (χ4n) is 1.61. The molecule has 1 aromatic rings. The molecule has 82 valence electrons. The van der Waals surface area contributed by atoms with E-state index >= 15 is 0 Å². The highest BCUT2D eigenvalue weighted by atomic mass is 79.9. The molecule has 2 N–H and O–H groups in total. The van der Waals surface area contributed by atoms with E-state index in [9.17, 15) is 9.50 Å². The first-order chi connectivity index (χ1) is 7.20. The van der Waals surface area contributed by atoms with E-state index in [0.717, 1.165) is 6.54 Å². The number of hydrogen-bond acceptors (Lipinski definition) is 3. The van der Waals surface area contributed by atoms with Crippen molar-refractivity contribution < 1.29 is 14.2 Å². The number of hydrogen-bond donors (Lipinski definition) is 2. The lowest BCUT2D eigenvalue weighted by atomic mass is 10.1. The van der Waals surface area contributed by atoms with Crippen molar-refractivity contribution in [2.75, 3.05) is 19.7 Å². The Morgan fingerprint density at radius 3 is 3.00 bits per heavy atom. The van der Waals surface area contributed by atoms with E-state index in [0.29, 0.717) is 17.6 Å².